The molecule has 2 rings (SSSR count). The lowest BCUT2D eigenvalue weighted by Crippen LogP contribution is -2.36. The average Bonchev–Trinajstić information content (AvgIpc) is 2.49. The van der Waals surface area contributed by atoms with E-state index >= 15 is 0 Å². The third kappa shape index (κ3) is 5.93. The maximum absolute atomic E-state index is 11.5. The zero-order chi connectivity index (χ0) is 15.1. The van der Waals surface area contributed by atoms with E-state index in [4.69, 9.17) is 0 Å². The Morgan fingerprint density at radius 1 is 1.27 bits per heavy atom. The zero-order valence-corrected chi connectivity index (χ0v) is 13.9. The van der Waals surface area contributed by atoms with Crippen LogP contribution in [0.2, 0.25) is 0 Å². The van der Waals surface area contributed by atoms with E-state index < -0.39 is 0 Å². The van der Waals surface area contributed by atoms with E-state index in [0.717, 1.165) is 38.0 Å². The van der Waals surface area contributed by atoms with E-state index in [1.54, 1.807) is 7.05 Å². The largest absolute Gasteiger partial charge is 0.393 e. The molecule has 22 heavy (non-hydrogen) atoms. The number of carbonyl (C=O) groups excluding carboxylic acids is 1. The van der Waals surface area contributed by atoms with Gasteiger partial charge >= 0.3 is 0 Å². The standard InChI is InChI=1S/C16H25N3O2.ClH/c1-17-11-16(21)18-10-13-4-2-3-5-14(13)12-19-8-6-15(20)7-9-19;/h2-5,15,17,20H,6-12H2,1H3,(H,18,21);1H. The van der Waals surface area contributed by atoms with Gasteiger partial charge < -0.3 is 15.7 Å². The quantitative estimate of drug-likeness (QED) is 0.726. The van der Waals surface area contributed by atoms with Crippen LogP contribution in [0.3, 0.4) is 0 Å². The summed E-state index contributed by atoms with van der Waals surface area (Å²) in [5, 5.41) is 15.3. The van der Waals surface area contributed by atoms with Crippen LogP contribution in [0.5, 0.6) is 0 Å². The van der Waals surface area contributed by atoms with Crippen LogP contribution >= 0.6 is 12.4 Å². The second-order valence-corrected chi connectivity index (χ2v) is 5.58. The topological polar surface area (TPSA) is 64.6 Å². The van der Waals surface area contributed by atoms with Crippen molar-refractivity contribution in [3.05, 3.63) is 35.4 Å². The van der Waals surface area contributed by atoms with Gasteiger partial charge in [0.05, 0.1) is 12.6 Å². The summed E-state index contributed by atoms with van der Waals surface area (Å²) in [5.41, 5.74) is 2.41. The number of aliphatic hydroxyl groups is 1. The van der Waals surface area contributed by atoms with E-state index in [-0.39, 0.29) is 24.4 Å². The highest BCUT2D eigenvalue weighted by Gasteiger charge is 2.17. The highest BCUT2D eigenvalue weighted by Crippen LogP contribution is 2.16. The lowest BCUT2D eigenvalue weighted by Gasteiger charge is -2.30. The molecular formula is C16H26ClN3O2. The number of nitrogens with one attached hydrogen (secondary N) is 2. The molecule has 0 aromatic heterocycles. The number of benzene rings is 1. The second-order valence-electron chi connectivity index (χ2n) is 5.58. The Balaban J connectivity index is 0.00000242. The number of carbonyl (C=O) groups is 1. The van der Waals surface area contributed by atoms with Gasteiger partial charge in [-0.1, -0.05) is 24.3 Å². The molecule has 1 aliphatic heterocycles. The number of hydrogen-bond donors (Lipinski definition) is 3. The van der Waals surface area contributed by atoms with E-state index in [1.807, 2.05) is 12.1 Å². The van der Waals surface area contributed by atoms with Gasteiger partial charge in [-0.25, -0.2) is 0 Å². The van der Waals surface area contributed by atoms with Crippen LogP contribution in [0.4, 0.5) is 0 Å². The molecule has 0 radical (unpaired) electrons. The minimum atomic E-state index is -0.141. The Bertz CT molecular complexity index is 462. The van der Waals surface area contributed by atoms with Crippen molar-refractivity contribution in [1.29, 1.82) is 0 Å². The third-order valence-electron chi connectivity index (χ3n) is 3.88. The molecular weight excluding hydrogens is 302 g/mol. The molecule has 3 N–H and O–H groups in total. The van der Waals surface area contributed by atoms with Crippen molar-refractivity contribution in [3.8, 4) is 0 Å². The molecule has 1 aromatic rings. The van der Waals surface area contributed by atoms with Crippen LogP contribution in [0, 0.1) is 0 Å². The van der Waals surface area contributed by atoms with Gasteiger partial charge in [-0.2, -0.15) is 0 Å². The third-order valence-corrected chi connectivity index (χ3v) is 3.88. The van der Waals surface area contributed by atoms with E-state index in [9.17, 15) is 9.90 Å². The van der Waals surface area contributed by atoms with Crippen LogP contribution in [0.25, 0.3) is 0 Å². The summed E-state index contributed by atoms with van der Waals surface area (Å²) in [6, 6.07) is 8.22. The monoisotopic (exact) mass is 327 g/mol. The molecule has 1 aromatic carbocycles. The normalized spacial score (nSPS) is 16.1. The first-order valence-corrected chi connectivity index (χ1v) is 7.57. The first-order chi connectivity index (χ1) is 10.2. The van der Waals surface area contributed by atoms with Crippen LogP contribution in [0.1, 0.15) is 24.0 Å². The Morgan fingerprint density at radius 3 is 2.55 bits per heavy atom. The van der Waals surface area contributed by atoms with Crippen LogP contribution in [-0.4, -0.2) is 48.7 Å². The number of hydrogen-bond acceptors (Lipinski definition) is 4. The number of likely N-dealkylation sites (tertiary alicyclic amines) is 1. The molecule has 124 valence electrons. The summed E-state index contributed by atoms with van der Waals surface area (Å²) in [6.07, 6.45) is 1.56. The van der Waals surface area contributed by atoms with Crippen LogP contribution < -0.4 is 10.6 Å². The van der Waals surface area contributed by atoms with Crippen LogP contribution in [0.15, 0.2) is 24.3 Å². The minimum Gasteiger partial charge on any atom is -0.393 e. The molecule has 1 heterocycles. The lowest BCUT2D eigenvalue weighted by atomic mass is 10.0. The second kappa shape index (κ2) is 9.79. The number of piperidine rings is 1. The highest BCUT2D eigenvalue weighted by molar-refractivity contribution is 5.85. The molecule has 0 atom stereocenters. The molecule has 0 aliphatic carbocycles. The molecule has 1 saturated heterocycles. The number of aliphatic hydroxyl groups excluding tert-OH is 1. The number of likely N-dealkylation sites (N-methyl/N-ethyl adjacent to an activating group) is 1. The number of amides is 1. The van der Waals surface area contributed by atoms with Crippen LogP contribution in [-0.2, 0) is 17.9 Å². The molecule has 0 unspecified atom stereocenters. The average molecular weight is 328 g/mol. The Hall–Kier alpha value is -1.14. The van der Waals surface area contributed by atoms with Gasteiger partial charge in [0, 0.05) is 26.2 Å². The fraction of sp³-hybridized carbons (Fsp3) is 0.562. The fourth-order valence-electron chi connectivity index (χ4n) is 2.62. The Labute approximate surface area is 138 Å². The van der Waals surface area contributed by atoms with Gasteiger partial charge in [-0.15, -0.1) is 12.4 Å². The van der Waals surface area contributed by atoms with Crippen molar-refractivity contribution < 1.29 is 9.90 Å². The first kappa shape index (κ1) is 18.9. The summed E-state index contributed by atoms with van der Waals surface area (Å²) >= 11 is 0. The Kier molecular flexibility index (Phi) is 8.42. The fourth-order valence-corrected chi connectivity index (χ4v) is 2.62. The maximum atomic E-state index is 11.5. The molecule has 6 heteroatoms. The molecule has 0 bridgehead atoms. The molecule has 0 spiro atoms. The number of nitrogens with zero attached hydrogens (tertiary/aromatic N) is 1. The number of halogens is 1. The molecule has 1 fully saturated rings. The Morgan fingerprint density at radius 2 is 1.91 bits per heavy atom. The molecule has 0 saturated carbocycles. The smallest absolute Gasteiger partial charge is 0.234 e. The van der Waals surface area contributed by atoms with Gasteiger partial charge in [0.25, 0.3) is 0 Å². The van der Waals surface area contributed by atoms with Crippen molar-refractivity contribution >= 4 is 18.3 Å². The van der Waals surface area contributed by atoms with Crippen molar-refractivity contribution in [2.75, 3.05) is 26.7 Å². The predicted molar refractivity (Wildman–Crippen MR) is 90.0 cm³/mol. The first-order valence-electron chi connectivity index (χ1n) is 7.57. The minimum absolute atomic E-state index is 0. The van der Waals surface area contributed by atoms with Crippen molar-refractivity contribution in [2.24, 2.45) is 0 Å². The van der Waals surface area contributed by atoms with E-state index in [2.05, 4.69) is 27.7 Å². The summed E-state index contributed by atoms with van der Waals surface area (Å²) in [6.45, 7) is 3.65. The van der Waals surface area contributed by atoms with E-state index in [1.165, 1.54) is 5.56 Å². The SMILES string of the molecule is CNCC(=O)NCc1ccccc1CN1CCC(O)CC1.Cl. The summed E-state index contributed by atoms with van der Waals surface area (Å²) < 4.78 is 0. The highest BCUT2D eigenvalue weighted by atomic mass is 35.5. The molecule has 5 nitrogen and oxygen atoms in total. The molecule has 1 aliphatic rings. The summed E-state index contributed by atoms with van der Waals surface area (Å²) in [5.74, 6) is 0.00778. The van der Waals surface area contributed by atoms with Gasteiger partial charge in [0.1, 0.15) is 0 Å². The zero-order valence-electron chi connectivity index (χ0n) is 13.0. The summed E-state index contributed by atoms with van der Waals surface area (Å²) in [4.78, 5) is 13.9. The van der Waals surface area contributed by atoms with Gasteiger partial charge in [0.15, 0.2) is 0 Å². The van der Waals surface area contributed by atoms with Gasteiger partial charge in [0.2, 0.25) is 5.91 Å². The van der Waals surface area contributed by atoms with E-state index in [0.29, 0.717) is 13.1 Å². The van der Waals surface area contributed by atoms with Crippen molar-refractivity contribution in [2.45, 2.75) is 32.0 Å². The van der Waals surface area contributed by atoms with Crippen molar-refractivity contribution in [1.82, 2.24) is 15.5 Å². The maximum Gasteiger partial charge on any atom is 0.234 e. The van der Waals surface area contributed by atoms with Gasteiger partial charge in [-0.05, 0) is 31.0 Å². The lowest BCUT2D eigenvalue weighted by molar-refractivity contribution is -0.120. The van der Waals surface area contributed by atoms with Gasteiger partial charge in [-0.3, -0.25) is 9.69 Å². The molecule has 1 amide bonds. The van der Waals surface area contributed by atoms with Crippen molar-refractivity contribution in [3.63, 3.8) is 0 Å². The number of rotatable bonds is 6. The summed E-state index contributed by atoms with van der Waals surface area (Å²) in [7, 11) is 1.76. The predicted octanol–water partition coefficient (Wildman–Crippen LogP) is 0.901.